The average Bonchev–Trinajstić information content (AvgIpc) is 1.98. The molecule has 0 aliphatic heterocycles. The van der Waals surface area contributed by atoms with E-state index in [-0.39, 0.29) is 0 Å². The molecule has 0 aliphatic rings. The number of ketones is 1. The third-order valence-corrected chi connectivity index (χ3v) is 2.05. The Morgan fingerprint density at radius 2 is 1.92 bits per heavy atom. The molecule has 0 amide bonds. The van der Waals surface area contributed by atoms with Crippen LogP contribution in [0, 0.1) is 5.92 Å². The predicted molar refractivity (Wildman–Crippen MR) is 57.7 cm³/mol. The summed E-state index contributed by atoms with van der Waals surface area (Å²) in [5.41, 5.74) is 1.32. The Hall–Kier alpha value is -0.590. The first-order valence-corrected chi connectivity index (χ1v) is 5.20. The molecule has 0 radical (unpaired) electrons. The largest absolute Gasteiger partial charge is 0.300 e. The third-order valence-electron chi connectivity index (χ3n) is 2.05. The zero-order chi connectivity index (χ0) is 10.3. The first kappa shape index (κ1) is 12.4. The molecule has 0 bridgehead atoms. The molecule has 1 atom stereocenters. The van der Waals surface area contributed by atoms with E-state index in [0.717, 1.165) is 6.42 Å². The summed E-state index contributed by atoms with van der Waals surface area (Å²) in [4.78, 5) is 11.0. The van der Waals surface area contributed by atoms with Crippen molar-refractivity contribution in [2.24, 2.45) is 5.92 Å². The molecule has 0 saturated heterocycles. The van der Waals surface area contributed by atoms with Crippen LogP contribution in [0.2, 0.25) is 0 Å². The van der Waals surface area contributed by atoms with Gasteiger partial charge in [-0.15, -0.1) is 0 Å². The molecule has 0 aromatic heterocycles. The van der Waals surface area contributed by atoms with Crippen LogP contribution in [0.4, 0.5) is 0 Å². The highest BCUT2D eigenvalue weighted by Crippen LogP contribution is 2.16. The molecule has 0 spiro atoms. The maximum atomic E-state index is 11.0. The average molecular weight is 182 g/mol. The number of rotatable bonds is 6. The summed E-state index contributed by atoms with van der Waals surface area (Å²) in [6, 6.07) is 0. The van der Waals surface area contributed by atoms with Gasteiger partial charge in [-0.3, -0.25) is 0 Å². The minimum atomic E-state index is 0.304. The zero-order valence-electron chi connectivity index (χ0n) is 9.39. The molecule has 1 unspecified atom stereocenters. The molecule has 0 aromatic rings. The van der Waals surface area contributed by atoms with Crippen LogP contribution in [0.15, 0.2) is 11.6 Å². The maximum absolute atomic E-state index is 11.0. The van der Waals surface area contributed by atoms with Crippen molar-refractivity contribution in [2.75, 3.05) is 0 Å². The molecule has 0 aliphatic carbocycles. The third kappa shape index (κ3) is 7.76. The van der Waals surface area contributed by atoms with Crippen LogP contribution in [0.1, 0.15) is 53.4 Å². The lowest BCUT2D eigenvalue weighted by atomic mass is 9.95. The summed E-state index contributed by atoms with van der Waals surface area (Å²) in [5.74, 6) is 0.779. The van der Waals surface area contributed by atoms with E-state index in [1.165, 1.54) is 18.4 Å². The second-order valence-electron chi connectivity index (χ2n) is 4.05. The van der Waals surface area contributed by atoms with Crippen molar-refractivity contribution in [3.05, 3.63) is 11.6 Å². The SMILES string of the molecule is CCCCC(C=C(C)C)CC(C)=O. The fourth-order valence-corrected chi connectivity index (χ4v) is 1.55. The Bertz CT molecular complexity index is 176. The molecule has 1 nitrogen and oxygen atoms in total. The smallest absolute Gasteiger partial charge is 0.130 e. The maximum Gasteiger partial charge on any atom is 0.130 e. The van der Waals surface area contributed by atoms with Crippen LogP contribution in [-0.4, -0.2) is 5.78 Å². The van der Waals surface area contributed by atoms with Gasteiger partial charge < -0.3 is 4.79 Å². The van der Waals surface area contributed by atoms with E-state index >= 15 is 0 Å². The summed E-state index contributed by atoms with van der Waals surface area (Å²) in [6.45, 7) is 8.06. The summed E-state index contributed by atoms with van der Waals surface area (Å²) in [7, 11) is 0. The molecule has 76 valence electrons. The van der Waals surface area contributed by atoms with Crippen LogP contribution in [0.5, 0.6) is 0 Å². The van der Waals surface area contributed by atoms with E-state index in [4.69, 9.17) is 0 Å². The topological polar surface area (TPSA) is 17.1 Å². The van der Waals surface area contributed by atoms with Gasteiger partial charge in [-0.2, -0.15) is 0 Å². The molecule has 1 heteroatoms. The van der Waals surface area contributed by atoms with Crippen LogP contribution in [-0.2, 0) is 4.79 Å². The van der Waals surface area contributed by atoms with Crippen LogP contribution in [0.25, 0.3) is 0 Å². The Kier molecular flexibility index (Phi) is 6.56. The van der Waals surface area contributed by atoms with Gasteiger partial charge in [-0.1, -0.05) is 31.4 Å². The minimum absolute atomic E-state index is 0.304. The van der Waals surface area contributed by atoms with Crippen molar-refractivity contribution in [1.82, 2.24) is 0 Å². The number of carbonyl (C=O) groups excluding carboxylic acids is 1. The van der Waals surface area contributed by atoms with Crippen LogP contribution < -0.4 is 0 Å². The quantitative estimate of drug-likeness (QED) is 0.572. The van der Waals surface area contributed by atoms with Gasteiger partial charge in [0.15, 0.2) is 0 Å². The first-order valence-electron chi connectivity index (χ1n) is 5.20. The van der Waals surface area contributed by atoms with E-state index in [2.05, 4.69) is 26.8 Å². The summed E-state index contributed by atoms with van der Waals surface area (Å²) >= 11 is 0. The van der Waals surface area contributed by atoms with Gasteiger partial charge in [-0.05, 0) is 33.1 Å². The standard InChI is InChI=1S/C12H22O/c1-5-6-7-12(8-10(2)3)9-11(4)13/h8,12H,5-7,9H2,1-4H3. The van der Waals surface area contributed by atoms with E-state index in [0.29, 0.717) is 18.1 Å². The van der Waals surface area contributed by atoms with Gasteiger partial charge in [0.25, 0.3) is 0 Å². The van der Waals surface area contributed by atoms with Crippen molar-refractivity contribution >= 4 is 5.78 Å². The second-order valence-corrected chi connectivity index (χ2v) is 4.05. The summed E-state index contributed by atoms with van der Waals surface area (Å²) in [5, 5.41) is 0. The minimum Gasteiger partial charge on any atom is -0.300 e. The number of unbranched alkanes of at least 4 members (excludes halogenated alkanes) is 1. The van der Waals surface area contributed by atoms with Crippen LogP contribution in [0.3, 0.4) is 0 Å². The lowest BCUT2D eigenvalue weighted by Crippen LogP contribution is -2.03. The summed E-state index contributed by atoms with van der Waals surface area (Å²) < 4.78 is 0. The number of hydrogen-bond donors (Lipinski definition) is 0. The predicted octanol–water partition coefficient (Wildman–Crippen LogP) is 3.74. The van der Waals surface area contributed by atoms with E-state index in [1.807, 2.05) is 0 Å². The van der Waals surface area contributed by atoms with Gasteiger partial charge >= 0.3 is 0 Å². The van der Waals surface area contributed by atoms with Crippen molar-refractivity contribution in [3.63, 3.8) is 0 Å². The fraction of sp³-hybridized carbons (Fsp3) is 0.750. The van der Waals surface area contributed by atoms with Crippen molar-refractivity contribution < 1.29 is 4.79 Å². The Labute approximate surface area is 82.2 Å². The molecule has 0 saturated carbocycles. The molecule has 0 aromatic carbocycles. The highest BCUT2D eigenvalue weighted by atomic mass is 16.1. The fourth-order valence-electron chi connectivity index (χ4n) is 1.55. The number of carbonyl (C=O) groups is 1. The Morgan fingerprint density at radius 3 is 2.31 bits per heavy atom. The molecule has 0 fully saturated rings. The number of allylic oxidation sites excluding steroid dienone is 2. The van der Waals surface area contributed by atoms with Crippen LogP contribution >= 0.6 is 0 Å². The molecular formula is C12H22O. The van der Waals surface area contributed by atoms with E-state index in [9.17, 15) is 4.79 Å². The number of hydrogen-bond acceptors (Lipinski definition) is 1. The van der Waals surface area contributed by atoms with E-state index < -0.39 is 0 Å². The molecule has 13 heavy (non-hydrogen) atoms. The Morgan fingerprint density at radius 1 is 1.31 bits per heavy atom. The molecular weight excluding hydrogens is 160 g/mol. The highest BCUT2D eigenvalue weighted by Gasteiger charge is 2.07. The van der Waals surface area contributed by atoms with Gasteiger partial charge in [0.05, 0.1) is 0 Å². The highest BCUT2D eigenvalue weighted by molar-refractivity contribution is 5.75. The van der Waals surface area contributed by atoms with Gasteiger partial charge in [0, 0.05) is 6.42 Å². The normalized spacial score (nSPS) is 12.3. The van der Waals surface area contributed by atoms with Gasteiger partial charge in [-0.25, -0.2) is 0 Å². The lowest BCUT2D eigenvalue weighted by molar-refractivity contribution is -0.117. The summed E-state index contributed by atoms with van der Waals surface area (Å²) in [6.07, 6.45) is 6.54. The first-order chi connectivity index (χ1) is 6.06. The van der Waals surface area contributed by atoms with Gasteiger partial charge in [0.1, 0.15) is 5.78 Å². The Balaban J connectivity index is 4.03. The zero-order valence-corrected chi connectivity index (χ0v) is 9.39. The van der Waals surface area contributed by atoms with Crippen molar-refractivity contribution in [1.29, 1.82) is 0 Å². The second kappa shape index (κ2) is 6.88. The van der Waals surface area contributed by atoms with E-state index in [1.54, 1.807) is 6.92 Å². The lowest BCUT2D eigenvalue weighted by Gasteiger charge is -2.10. The molecule has 0 rings (SSSR count). The monoisotopic (exact) mass is 182 g/mol. The molecule has 0 N–H and O–H groups in total. The molecule has 0 heterocycles. The van der Waals surface area contributed by atoms with Crippen molar-refractivity contribution in [3.8, 4) is 0 Å². The van der Waals surface area contributed by atoms with Gasteiger partial charge in [0.2, 0.25) is 0 Å². The van der Waals surface area contributed by atoms with Crippen molar-refractivity contribution in [2.45, 2.75) is 53.4 Å². The number of Topliss-reactive ketones (excluding diaryl/α,β-unsaturated/α-hetero) is 1.